The van der Waals surface area contributed by atoms with Crippen molar-refractivity contribution in [2.75, 3.05) is 5.75 Å². The van der Waals surface area contributed by atoms with Gasteiger partial charge in [0.1, 0.15) is 22.1 Å². The quantitative estimate of drug-likeness (QED) is 0.0425. The van der Waals surface area contributed by atoms with Crippen LogP contribution in [-0.2, 0) is 19.7 Å². The van der Waals surface area contributed by atoms with Crippen molar-refractivity contribution < 1.29 is 14.3 Å². The lowest BCUT2D eigenvalue weighted by Crippen LogP contribution is -2.68. The zero-order chi connectivity index (χ0) is 36.2. The van der Waals surface area contributed by atoms with E-state index < -0.39 is 23.5 Å². The Morgan fingerprint density at radius 2 is 1.26 bits per heavy atom. The number of carbonyl (C=O) groups excluding carboxylic acids is 2. The Hall–Kier alpha value is -5.07. The van der Waals surface area contributed by atoms with Gasteiger partial charge in [0.25, 0.3) is 0 Å². The monoisotopic (exact) mass is 753 g/mol. The summed E-state index contributed by atoms with van der Waals surface area (Å²) in [4.78, 5) is 30.7. The number of rotatable bonds is 12. The van der Waals surface area contributed by atoms with E-state index in [1.165, 1.54) is 0 Å². The van der Waals surface area contributed by atoms with Crippen LogP contribution in [0.5, 0.6) is 0 Å². The van der Waals surface area contributed by atoms with E-state index in [-0.39, 0.29) is 21.6 Å². The maximum Gasteiger partial charge on any atom is 0.356 e. The molecular formula is C42H35N5O3S3. The molecular weight excluding hydrogens is 719 g/mol. The standard InChI is InChI=1S/C42H35N5O3S3/c43-35-38(48)47-36(40(49)50-37(28-16-6-1-7-17-28)29-18-8-2-9-19-29)33(27-51-39(35)47)52-41(53-34-26-44-46-45-34)42(30-20-10-3-11-21-30,31-22-12-4-13-23-31)32-24-14-5-15-25-32/h1-26,35,37,39,41H,27,43H2,(H,44,45,46)/t35-,39-,41?/m1/s1. The molecule has 2 aliphatic rings. The number of carbonyl (C=O) groups is 2. The highest BCUT2D eigenvalue weighted by atomic mass is 32.2. The Labute approximate surface area is 320 Å². The van der Waals surface area contributed by atoms with Crippen LogP contribution in [0.25, 0.3) is 0 Å². The first-order valence-corrected chi connectivity index (χ1v) is 20.0. The van der Waals surface area contributed by atoms with Crippen molar-refractivity contribution in [3.05, 3.63) is 196 Å². The van der Waals surface area contributed by atoms with Crippen molar-refractivity contribution in [2.24, 2.45) is 5.73 Å². The first kappa shape index (κ1) is 35.0. The third kappa shape index (κ3) is 6.70. The molecule has 0 radical (unpaired) electrons. The van der Waals surface area contributed by atoms with Gasteiger partial charge in [0, 0.05) is 10.7 Å². The minimum Gasteiger partial charge on any atom is -0.448 e. The van der Waals surface area contributed by atoms with Gasteiger partial charge in [0.2, 0.25) is 5.91 Å². The average molecular weight is 754 g/mol. The zero-order valence-electron chi connectivity index (χ0n) is 28.4. The molecule has 1 fully saturated rings. The van der Waals surface area contributed by atoms with Crippen molar-refractivity contribution in [3.63, 3.8) is 0 Å². The van der Waals surface area contributed by atoms with Gasteiger partial charge >= 0.3 is 5.97 Å². The molecule has 3 atom stereocenters. The number of amides is 1. The molecule has 11 heteroatoms. The molecule has 3 heterocycles. The number of fused-ring (bicyclic) bond motifs is 1. The Morgan fingerprint density at radius 1 is 0.774 bits per heavy atom. The van der Waals surface area contributed by atoms with Gasteiger partial charge in [-0.25, -0.2) is 4.79 Å². The average Bonchev–Trinajstić information content (AvgIpc) is 3.75. The van der Waals surface area contributed by atoms with E-state index in [2.05, 4.69) is 88.2 Å². The molecule has 0 spiro atoms. The number of β-lactam (4-membered cyclic amide) rings is 1. The number of benzene rings is 5. The molecule has 264 valence electrons. The highest BCUT2D eigenvalue weighted by Gasteiger charge is 2.54. The number of nitrogens with one attached hydrogen (secondary N) is 1. The summed E-state index contributed by atoms with van der Waals surface area (Å²) in [6.45, 7) is 0. The molecule has 8 rings (SSSR count). The van der Waals surface area contributed by atoms with Gasteiger partial charge in [0.15, 0.2) is 6.10 Å². The van der Waals surface area contributed by atoms with E-state index in [1.54, 1.807) is 46.4 Å². The number of H-pyrrole nitrogens is 1. The number of thioether (sulfide) groups is 3. The predicted molar refractivity (Wildman–Crippen MR) is 212 cm³/mol. The van der Waals surface area contributed by atoms with Crippen LogP contribution in [0.15, 0.2) is 173 Å². The van der Waals surface area contributed by atoms with E-state index in [1.807, 2.05) is 78.9 Å². The van der Waals surface area contributed by atoms with Gasteiger partial charge in [0.05, 0.1) is 16.2 Å². The molecule has 8 nitrogen and oxygen atoms in total. The molecule has 1 aromatic heterocycles. The smallest absolute Gasteiger partial charge is 0.356 e. The first-order chi connectivity index (χ1) is 26.1. The summed E-state index contributed by atoms with van der Waals surface area (Å²) < 4.78 is 6.11. The van der Waals surface area contributed by atoms with Gasteiger partial charge in [-0.15, -0.1) is 28.6 Å². The SMILES string of the molecule is N[C@@H]1C(=O)N2C(C(=O)OC(c3ccccc3)c3ccccc3)=C(SC(Sc3cn[nH]n3)C(c3ccccc3)(c3ccccc3)c3ccccc3)CS[C@H]12. The van der Waals surface area contributed by atoms with E-state index in [0.717, 1.165) is 32.7 Å². The van der Waals surface area contributed by atoms with Crippen molar-refractivity contribution in [2.45, 2.75) is 32.5 Å². The van der Waals surface area contributed by atoms with Gasteiger partial charge in [-0.1, -0.05) is 163 Å². The van der Waals surface area contributed by atoms with Crippen LogP contribution in [0.2, 0.25) is 0 Å². The largest absolute Gasteiger partial charge is 0.448 e. The summed E-state index contributed by atoms with van der Waals surface area (Å²) in [5, 5.41) is 11.7. The minimum absolute atomic E-state index is 0.233. The normalized spacial score (nSPS) is 17.6. The molecule has 0 aliphatic carbocycles. The Morgan fingerprint density at radius 3 is 1.74 bits per heavy atom. The number of nitrogens with two attached hydrogens (primary N) is 1. The molecule has 1 amide bonds. The van der Waals surface area contributed by atoms with E-state index in [9.17, 15) is 9.59 Å². The number of hydrogen-bond donors (Lipinski definition) is 2. The molecule has 1 saturated heterocycles. The third-order valence-electron chi connectivity index (χ3n) is 9.51. The fourth-order valence-corrected chi connectivity index (χ4v) is 11.6. The minimum atomic E-state index is -0.770. The van der Waals surface area contributed by atoms with Gasteiger partial charge < -0.3 is 10.5 Å². The molecule has 6 aromatic rings. The van der Waals surface area contributed by atoms with Crippen LogP contribution in [0.3, 0.4) is 0 Å². The fourth-order valence-electron chi connectivity index (χ4n) is 7.01. The second-order valence-electron chi connectivity index (χ2n) is 12.6. The third-order valence-corrected chi connectivity index (χ3v) is 13.8. The molecule has 5 aromatic carbocycles. The number of hydrogen-bond acceptors (Lipinski definition) is 9. The van der Waals surface area contributed by atoms with E-state index in [4.69, 9.17) is 10.5 Å². The second kappa shape index (κ2) is 15.5. The topological polar surface area (TPSA) is 114 Å². The molecule has 3 N–H and O–H groups in total. The van der Waals surface area contributed by atoms with E-state index >= 15 is 0 Å². The van der Waals surface area contributed by atoms with Crippen molar-refractivity contribution in [1.29, 1.82) is 0 Å². The van der Waals surface area contributed by atoms with Crippen molar-refractivity contribution >= 4 is 47.2 Å². The van der Waals surface area contributed by atoms with E-state index in [0.29, 0.717) is 10.8 Å². The fraction of sp³-hybridized carbons (Fsp3) is 0.143. The summed E-state index contributed by atoms with van der Waals surface area (Å²) in [7, 11) is 0. The molecule has 1 unspecified atom stereocenters. The zero-order valence-corrected chi connectivity index (χ0v) is 30.8. The van der Waals surface area contributed by atoms with Crippen LogP contribution in [-0.4, -0.2) is 53.9 Å². The Bertz CT molecular complexity index is 2060. The lowest BCUT2D eigenvalue weighted by molar-refractivity contribution is -0.152. The second-order valence-corrected chi connectivity index (χ2v) is 16.3. The van der Waals surface area contributed by atoms with Crippen molar-refractivity contribution in [3.8, 4) is 0 Å². The summed E-state index contributed by atoms with van der Waals surface area (Å²) in [6, 6.07) is 49.8. The maximum atomic E-state index is 14.8. The van der Waals surface area contributed by atoms with Gasteiger partial charge in [-0.2, -0.15) is 10.3 Å². The summed E-state index contributed by atoms with van der Waals surface area (Å²) in [5.41, 5.74) is 10.6. The first-order valence-electron chi connectivity index (χ1n) is 17.2. The predicted octanol–water partition coefficient (Wildman–Crippen LogP) is 7.78. The van der Waals surface area contributed by atoms with Crippen LogP contribution in [0.4, 0.5) is 0 Å². The number of aromatic amines is 1. The van der Waals surface area contributed by atoms with Crippen molar-refractivity contribution in [1.82, 2.24) is 20.3 Å². The highest BCUT2D eigenvalue weighted by molar-refractivity contribution is 8.19. The lowest BCUT2D eigenvalue weighted by Gasteiger charge is -2.49. The van der Waals surface area contributed by atoms with Crippen LogP contribution < -0.4 is 5.73 Å². The summed E-state index contributed by atoms with van der Waals surface area (Å²) in [5.74, 6) is -0.418. The summed E-state index contributed by atoms with van der Waals surface area (Å²) >= 11 is 4.68. The molecule has 2 aliphatic heterocycles. The molecule has 53 heavy (non-hydrogen) atoms. The Kier molecular flexibility index (Phi) is 10.2. The molecule has 0 saturated carbocycles. The number of nitrogens with zero attached hydrogens (tertiary/aromatic N) is 3. The van der Waals surface area contributed by atoms with Crippen LogP contribution >= 0.6 is 35.3 Å². The van der Waals surface area contributed by atoms with Gasteiger partial charge in [-0.3, -0.25) is 9.69 Å². The number of aromatic nitrogens is 3. The maximum absolute atomic E-state index is 14.8. The van der Waals surface area contributed by atoms with Crippen LogP contribution in [0.1, 0.15) is 33.9 Å². The summed E-state index contributed by atoms with van der Waals surface area (Å²) in [6.07, 6.45) is 1.01. The van der Waals surface area contributed by atoms with Gasteiger partial charge in [-0.05, 0) is 27.8 Å². The molecule has 0 bridgehead atoms. The number of esters is 1. The number of ether oxygens (including phenoxy) is 1. The Balaban J connectivity index is 1.31. The lowest BCUT2D eigenvalue weighted by atomic mass is 9.70. The van der Waals surface area contributed by atoms with Crippen LogP contribution in [0, 0.1) is 0 Å². The highest BCUT2D eigenvalue weighted by Crippen LogP contribution is 2.56.